The number of methoxy groups -OCH3 is 4. The topological polar surface area (TPSA) is 107 Å². The van der Waals surface area contributed by atoms with E-state index in [9.17, 15) is 9.59 Å². The van der Waals surface area contributed by atoms with Crippen LogP contribution in [0.4, 0.5) is 0 Å². The van der Waals surface area contributed by atoms with Crippen LogP contribution in [0.3, 0.4) is 0 Å². The Morgan fingerprint density at radius 3 is 2.27 bits per heavy atom. The molecule has 0 saturated heterocycles. The molecule has 2 aromatic carbocycles. The van der Waals surface area contributed by atoms with Crippen molar-refractivity contribution in [3.63, 3.8) is 0 Å². The van der Waals surface area contributed by atoms with Crippen molar-refractivity contribution in [2.45, 2.75) is 31.7 Å². The second-order valence-corrected chi connectivity index (χ2v) is 7.43. The van der Waals surface area contributed by atoms with Crippen LogP contribution in [0.1, 0.15) is 42.9 Å². The summed E-state index contributed by atoms with van der Waals surface area (Å²) in [6, 6.07) is 10.4. The summed E-state index contributed by atoms with van der Waals surface area (Å²) in [6.07, 6.45) is 0.647. The quantitative estimate of drug-likeness (QED) is 0.581. The fourth-order valence-electron chi connectivity index (χ4n) is 3.78. The van der Waals surface area contributed by atoms with E-state index in [1.807, 2.05) is 18.2 Å². The highest BCUT2D eigenvalue weighted by Gasteiger charge is 2.35. The molecule has 1 N–H and O–H groups in total. The lowest BCUT2D eigenvalue weighted by molar-refractivity contribution is -0.137. The minimum absolute atomic E-state index is 0.0673. The molecule has 3 rings (SSSR count). The molecular formula is C24H28N2O7. The van der Waals surface area contributed by atoms with Gasteiger partial charge in [-0.3, -0.25) is 9.59 Å². The smallest absolute Gasteiger partial charge is 0.303 e. The lowest BCUT2D eigenvalue weighted by Gasteiger charge is -2.24. The van der Waals surface area contributed by atoms with Gasteiger partial charge in [0.25, 0.3) is 0 Å². The average molecular weight is 456 g/mol. The van der Waals surface area contributed by atoms with Crippen molar-refractivity contribution in [3.05, 3.63) is 47.5 Å². The number of carbonyl (C=O) groups is 2. The molecule has 9 nitrogen and oxygen atoms in total. The number of aliphatic carboxylic acids is 1. The van der Waals surface area contributed by atoms with Crippen molar-refractivity contribution in [1.29, 1.82) is 0 Å². The summed E-state index contributed by atoms with van der Waals surface area (Å²) in [6.45, 7) is 0. The molecule has 33 heavy (non-hydrogen) atoms. The number of amides is 1. The van der Waals surface area contributed by atoms with Crippen molar-refractivity contribution in [2.24, 2.45) is 5.10 Å². The Morgan fingerprint density at radius 2 is 1.64 bits per heavy atom. The van der Waals surface area contributed by atoms with Crippen LogP contribution in [0, 0.1) is 0 Å². The third kappa shape index (κ3) is 5.36. The largest absolute Gasteiger partial charge is 0.497 e. The highest BCUT2D eigenvalue weighted by atomic mass is 16.5. The molecule has 1 heterocycles. The van der Waals surface area contributed by atoms with Gasteiger partial charge in [-0.15, -0.1) is 0 Å². The molecule has 9 heteroatoms. The Hall–Kier alpha value is -3.75. The first-order valence-electron chi connectivity index (χ1n) is 10.5. The van der Waals surface area contributed by atoms with Crippen molar-refractivity contribution in [1.82, 2.24) is 5.01 Å². The SMILES string of the molecule is COc1ccc(OC)c([C@H]2CC(c3ccc(OC)c(OC)c3)=NN2C(=O)CCCC(=O)O)c1. The molecule has 1 amide bonds. The molecule has 0 aromatic heterocycles. The van der Waals surface area contributed by atoms with Crippen LogP contribution in [-0.2, 0) is 9.59 Å². The maximum absolute atomic E-state index is 13.1. The van der Waals surface area contributed by atoms with Gasteiger partial charge in [-0.2, -0.15) is 5.10 Å². The van der Waals surface area contributed by atoms with Gasteiger partial charge in [0.05, 0.1) is 40.2 Å². The van der Waals surface area contributed by atoms with Crippen LogP contribution in [0.25, 0.3) is 0 Å². The molecule has 1 aliphatic heterocycles. The molecule has 176 valence electrons. The monoisotopic (exact) mass is 456 g/mol. The second-order valence-electron chi connectivity index (χ2n) is 7.43. The van der Waals surface area contributed by atoms with Crippen LogP contribution in [0.15, 0.2) is 41.5 Å². The molecule has 1 aliphatic rings. The number of hydrogen-bond donors (Lipinski definition) is 1. The van der Waals surface area contributed by atoms with Gasteiger partial charge in [0, 0.05) is 30.4 Å². The molecule has 0 unspecified atom stereocenters. The van der Waals surface area contributed by atoms with E-state index in [1.165, 1.54) is 5.01 Å². The van der Waals surface area contributed by atoms with Crippen LogP contribution in [-0.4, -0.2) is 56.1 Å². The van der Waals surface area contributed by atoms with E-state index in [4.69, 9.17) is 24.1 Å². The zero-order chi connectivity index (χ0) is 24.0. The van der Waals surface area contributed by atoms with Crippen LogP contribution >= 0.6 is 0 Å². The van der Waals surface area contributed by atoms with E-state index in [2.05, 4.69) is 5.10 Å². The van der Waals surface area contributed by atoms with Crippen LogP contribution in [0.5, 0.6) is 23.0 Å². The number of carboxylic acids is 1. The zero-order valence-corrected chi connectivity index (χ0v) is 19.2. The molecule has 0 bridgehead atoms. The van der Waals surface area contributed by atoms with Gasteiger partial charge in [0.1, 0.15) is 11.5 Å². The Bertz CT molecular complexity index is 1050. The summed E-state index contributed by atoms with van der Waals surface area (Å²) in [5, 5.41) is 15.0. The molecule has 0 fully saturated rings. The predicted octanol–water partition coefficient (Wildman–Crippen LogP) is 3.65. The molecular weight excluding hydrogens is 428 g/mol. The maximum atomic E-state index is 13.1. The minimum Gasteiger partial charge on any atom is -0.497 e. The minimum atomic E-state index is -0.940. The highest BCUT2D eigenvalue weighted by molar-refractivity contribution is 6.03. The van der Waals surface area contributed by atoms with Crippen LogP contribution in [0.2, 0.25) is 0 Å². The molecule has 0 radical (unpaired) electrons. The Kier molecular flexibility index (Phi) is 7.76. The highest BCUT2D eigenvalue weighted by Crippen LogP contribution is 2.40. The van der Waals surface area contributed by atoms with Crippen LogP contribution < -0.4 is 18.9 Å². The van der Waals surface area contributed by atoms with E-state index in [1.54, 1.807) is 46.6 Å². The number of ether oxygens (including phenoxy) is 4. The average Bonchev–Trinajstić information content (AvgIpc) is 3.28. The predicted molar refractivity (Wildman–Crippen MR) is 121 cm³/mol. The summed E-state index contributed by atoms with van der Waals surface area (Å²) >= 11 is 0. The van der Waals surface area contributed by atoms with Gasteiger partial charge in [0.2, 0.25) is 5.91 Å². The summed E-state index contributed by atoms with van der Waals surface area (Å²) in [4.78, 5) is 24.0. The number of nitrogens with zero attached hydrogens (tertiary/aromatic N) is 2. The van der Waals surface area contributed by atoms with E-state index < -0.39 is 12.0 Å². The van der Waals surface area contributed by atoms with Gasteiger partial charge < -0.3 is 24.1 Å². The summed E-state index contributed by atoms with van der Waals surface area (Å²) < 4.78 is 21.7. The number of hydrogen-bond acceptors (Lipinski definition) is 7. The van der Waals surface area contributed by atoms with E-state index in [0.717, 1.165) is 11.1 Å². The first-order valence-corrected chi connectivity index (χ1v) is 10.5. The summed E-state index contributed by atoms with van der Waals surface area (Å²) in [7, 11) is 6.25. The summed E-state index contributed by atoms with van der Waals surface area (Å²) in [5.74, 6) is 1.18. The fourth-order valence-corrected chi connectivity index (χ4v) is 3.78. The number of carboxylic acid groups (broad SMARTS) is 1. The lowest BCUT2D eigenvalue weighted by Crippen LogP contribution is -2.27. The van der Waals surface area contributed by atoms with Gasteiger partial charge in [-0.1, -0.05) is 0 Å². The number of rotatable bonds is 10. The third-order valence-electron chi connectivity index (χ3n) is 5.46. The van der Waals surface area contributed by atoms with Gasteiger partial charge in [-0.05, 0) is 42.8 Å². The molecule has 0 saturated carbocycles. The van der Waals surface area contributed by atoms with Crippen molar-refractivity contribution >= 4 is 17.6 Å². The van der Waals surface area contributed by atoms with E-state index >= 15 is 0 Å². The number of benzene rings is 2. The van der Waals surface area contributed by atoms with Gasteiger partial charge in [0.15, 0.2) is 11.5 Å². The summed E-state index contributed by atoms with van der Waals surface area (Å²) in [5.41, 5.74) is 2.24. The first kappa shape index (κ1) is 23.9. The van der Waals surface area contributed by atoms with Crippen molar-refractivity contribution in [2.75, 3.05) is 28.4 Å². The van der Waals surface area contributed by atoms with Crippen molar-refractivity contribution in [3.8, 4) is 23.0 Å². The number of hydrazone groups is 1. The maximum Gasteiger partial charge on any atom is 0.303 e. The van der Waals surface area contributed by atoms with E-state index in [-0.39, 0.29) is 25.2 Å². The fraction of sp³-hybridized carbons (Fsp3) is 0.375. The van der Waals surface area contributed by atoms with Gasteiger partial charge in [-0.25, -0.2) is 5.01 Å². The molecule has 2 aromatic rings. The standard InChI is InChI=1S/C24H28N2O7/c1-30-16-9-11-20(31-2)17(13-16)19-14-18(15-8-10-21(32-3)22(12-15)33-4)25-26(19)23(27)6-5-7-24(28)29/h8-13,19H,5-7,14H2,1-4H3,(H,28,29)/t19-/m1/s1. The molecule has 0 spiro atoms. The molecule has 0 aliphatic carbocycles. The Balaban J connectivity index is 1.99. The number of carbonyl (C=O) groups excluding carboxylic acids is 1. The van der Waals surface area contributed by atoms with Gasteiger partial charge >= 0.3 is 5.97 Å². The third-order valence-corrected chi connectivity index (χ3v) is 5.46. The Labute approximate surface area is 192 Å². The Morgan fingerprint density at radius 1 is 0.939 bits per heavy atom. The van der Waals surface area contributed by atoms with Crippen molar-refractivity contribution < 1.29 is 33.6 Å². The molecule has 1 atom stereocenters. The second kappa shape index (κ2) is 10.7. The first-order chi connectivity index (χ1) is 15.9. The van der Waals surface area contributed by atoms with E-state index in [0.29, 0.717) is 35.1 Å². The zero-order valence-electron chi connectivity index (χ0n) is 19.2. The normalized spacial score (nSPS) is 15.1. The lowest BCUT2D eigenvalue weighted by atomic mass is 9.97.